The van der Waals surface area contributed by atoms with E-state index >= 15 is 0 Å². The number of rotatable bonds is 5. The monoisotopic (exact) mass is 322 g/mol. The molecule has 1 aliphatic carbocycles. The summed E-state index contributed by atoms with van der Waals surface area (Å²) in [5, 5.41) is 0. The number of hydrogen-bond donors (Lipinski definition) is 0. The highest BCUT2D eigenvalue weighted by molar-refractivity contribution is 5.25. The Balaban J connectivity index is 1.66. The first-order valence-corrected chi connectivity index (χ1v) is 9.52. The van der Waals surface area contributed by atoms with E-state index in [1.807, 2.05) is 6.92 Å². The Kier molecular flexibility index (Phi) is 5.65. The molecular weight excluding hydrogens is 292 g/mol. The van der Waals surface area contributed by atoms with E-state index in [9.17, 15) is 0 Å². The Morgan fingerprint density at radius 2 is 1.58 bits per heavy atom. The maximum atomic E-state index is 4.77. The topological polar surface area (TPSA) is 25.8 Å². The summed E-state index contributed by atoms with van der Waals surface area (Å²) in [5.41, 5.74) is 5.35. The molecule has 3 rings (SSSR count). The normalized spacial score (nSPS) is 21.0. The first-order valence-electron chi connectivity index (χ1n) is 9.52. The molecule has 2 nitrogen and oxygen atoms in total. The van der Waals surface area contributed by atoms with Crippen LogP contribution in [0, 0.1) is 25.7 Å². The van der Waals surface area contributed by atoms with Crippen LogP contribution in [-0.2, 0) is 19.3 Å². The van der Waals surface area contributed by atoms with E-state index in [0.717, 1.165) is 30.5 Å². The Labute approximate surface area is 146 Å². The highest BCUT2D eigenvalue weighted by Gasteiger charge is 2.24. The Morgan fingerprint density at radius 3 is 2.29 bits per heavy atom. The average molecular weight is 322 g/mol. The maximum Gasteiger partial charge on any atom is 0.125 e. The minimum atomic E-state index is 0.783. The van der Waals surface area contributed by atoms with Gasteiger partial charge in [-0.3, -0.25) is 0 Å². The van der Waals surface area contributed by atoms with Gasteiger partial charge in [0.15, 0.2) is 0 Å². The number of aryl methyl sites for hydroxylation is 2. The molecule has 2 atom stereocenters. The van der Waals surface area contributed by atoms with Gasteiger partial charge in [-0.05, 0) is 62.5 Å². The summed E-state index contributed by atoms with van der Waals surface area (Å²) in [5.74, 6) is 2.55. The van der Waals surface area contributed by atoms with Gasteiger partial charge in [0.05, 0.1) is 0 Å². The summed E-state index contributed by atoms with van der Waals surface area (Å²) >= 11 is 0. The van der Waals surface area contributed by atoms with Gasteiger partial charge in [0.25, 0.3) is 0 Å². The maximum absolute atomic E-state index is 4.77. The van der Waals surface area contributed by atoms with Crippen molar-refractivity contribution >= 4 is 0 Å². The van der Waals surface area contributed by atoms with Crippen LogP contribution in [0.3, 0.4) is 0 Å². The van der Waals surface area contributed by atoms with Gasteiger partial charge in [0, 0.05) is 11.4 Å². The smallest absolute Gasteiger partial charge is 0.125 e. The van der Waals surface area contributed by atoms with Crippen molar-refractivity contribution in [2.45, 2.75) is 65.7 Å². The first kappa shape index (κ1) is 17.1. The van der Waals surface area contributed by atoms with Crippen LogP contribution in [-0.4, -0.2) is 9.97 Å². The molecule has 0 bridgehead atoms. The molecule has 2 heteroatoms. The van der Waals surface area contributed by atoms with Crippen molar-refractivity contribution < 1.29 is 0 Å². The van der Waals surface area contributed by atoms with Gasteiger partial charge in [-0.2, -0.15) is 0 Å². The largest absolute Gasteiger partial charge is 0.238 e. The van der Waals surface area contributed by atoms with Crippen LogP contribution >= 0.6 is 0 Å². The molecule has 1 saturated carbocycles. The van der Waals surface area contributed by atoms with E-state index in [4.69, 9.17) is 4.98 Å². The average Bonchev–Trinajstić information content (AvgIpc) is 2.59. The van der Waals surface area contributed by atoms with Crippen LogP contribution in [0.15, 0.2) is 30.3 Å². The van der Waals surface area contributed by atoms with Crippen LogP contribution in [0.25, 0.3) is 0 Å². The van der Waals surface area contributed by atoms with Crippen molar-refractivity contribution in [3.8, 4) is 0 Å². The Bertz CT molecular complexity index is 663. The summed E-state index contributed by atoms with van der Waals surface area (Å²) < 4.78 is 0. The molecule has 24 heavy (non-hydrogen) atoms. The molecule has 0 radical (unpaired) electrons. The highest BCUT2D eigenvalue weighted by atomic mass is 14.9. The second-order valence-electron chi connectivity index (χ2n) is 7.44. The molecular formula is C22H30N2. The fourth-order valence-corrected chi connectivity index (χ4v) is 4.29. The molecule has 0 N–H and O–H groups in total. The third-order valence-electron chi connectivity index (χ3n) is 5.53. The molecule has 1 unspecified atom stereocenters. The summed E-state index contributed by atoms with van der Waals surface area (Å²) in [6.07, 6.45) is 8.82. The summed E-state index contributed by atoms with van der Waals surface area (Å²) in [6.45, 7) is 6.42. The molecule has 1 heterocycles. The van der Waals surface area contributed by atoms with Gasteiger partial charge in [-0.25, -0.2) is 9.97 Å². The van der Waals surface area contributed by atoms with Crippen molar-refractivity contribution in [2.75, 3.05) is 0 Å². The Morgan fingerprint density at radius 1 is 0.917 bits per heavy atom. The molecule has 0 amide bonds. The molecule has 128 valence electrons. The third-order valence-corrected chi connectivity index (χ3v) is 5.53. The van der Waals surface area contributed by atoms with Gasteiger partial charge in [0.1, 0.15) is 5.82 Å². The van der Waals surface area contributed by atoms with E-state index in [1.165, 1.54) is 54.6 Å². The quantitative estimate of drug-likeness (QED) is 0.751. The molecule has 2 aromatic rings. The van der Waals surface area contributed by atoms with Crippen molar-refractivity contribution in [1.29, 1.82) is 0 Å². The standard InChI is InChI=1S/C22H30N2/c1-4-21-16(2)22(24-17(3)23-21)15-20-12-8-11-19(14-20)13-18-9-6-5-7-10-18/h5-7,9-10,19-20H,4,8,11-15H2,1-3H3/t19-,20?/m0/s1. The third kappa shape index (κ3) is 4.23. The van der Waals surface area contributed by atoms with E-state index in [0.29, 0.717) is 0 Å². The van der Waals surface area contributed by atoms with Crippen molar-refractivity contribution in [3.63, 3.8) is 0 Å². The molecule has 0 aliphatic heterocycles. The van der Waals surface area contributed by atoms with Crippen LogP contribution in [0.2, 0.25) is 0 Å². The number of nitrogens with zero attached hydrogens (tertiary/aromatic N) is 2. The lowest BCUT2D eigenvalue weighted by molar-refractivity contribution is 0.262. The van der Waals surface area contributed by atoms with Gasteiger partial charge in [0.2, 0.25) is 0 Å². The van der Waals surface area contributed by atoms with E-state index in [-0.39, 0.29) is 0 Å². The molecule has 1 aromatic heterocycles. The summed E-state index contributed by atoms with van der Waals surface area (Å²) in [7, 11) is 0. The van der Waals surface area contributed by atoms with Crippen molar-refractivity contribution in [1.82, 2.24) is 9.97 Å². The van der Waals surface area contributed by atoms with E-state index in [2.05, 4.69) is 49.2 Å². The zero-order valence-electron chi connectivity index (χ0n) is 15.4. The van der Waals surface area contributed by atoms with Crippen LogP contribution < -0.4 is 0 Å². The van der Waals surface area contributed by atoms with Gasteiger partial charge in [-0.1, -0.05) is 56.5 Å². The number of hydrogen-bond acceptors (Lipinski definition) is 2. The molecule has 1 aliphatic rings. The minimum absolute atomic E-state index is 0.783. The zero-order chi connectivity index (χ0) is 16.9. The SMILES string of the molecule is CCc1nc(C)nc(CC2CCC[C@@H](Cc3ccccc3)C2)c1C. The molecule has 0 saturated heterocycles. The number of aromatic nitrogens is 2. The fourth-order valence-electron chi connectivity index (χ4n) is 4.29. The van der Waals surface area contributed by atoms with Gasteiger partial charge in [-0.15, -0.1) is 0 Å². The van der Waals surface area contributed by atoms with Crippen molar-refractivity contribution in [2.24, 2.45) is 11.8 Å². The van der Waals surface area contributed by atoms with E-state index < -0.39 is 0 Å². The predicted octanol–water partition coefficient (Wildman–Crippen LogP) is 5.25. The predicted molar refractivity (Wildman–Crippen MR) is 100 cm³/mol. The Hall–Kier alpha value is -1.70. The highest BCUT2D eigenvalue weighted by Crippen LogP contribution is 2.33. The summed E-state index contributed by atoms with van der Waals surface area (Å²) in [4.78, 5) is 9.38. The van der Waals surface area contributed by atoms with Crippen LogP contribution in [0.5, 0.6) is 0 Å². The molecule has 1 aromatic carbocycles. The molecule has 0 spiro atoms. The van der Waals surface area contributed by atoms with Gasteiger partial charge >= 0.3 is 0 Å². The van der Waals surface area contributed by atoms with E-state index in [1.54, 1.807) is 0 Å². The van der Waals surface area contributed by atoms with Crippen molar-refractivity contribution in [3.05, 3.63) is 58.7 Å². The summed E-state index contributed by atoms with van der Waals surface area (Å²) in [6, 6.07) is 11.0. The lowest BCUT2D eigenvalue weighted by Crippen LogP contribution is -2.20. The first-order chi connectivity index (χ1) is 11.7. The van der Waals surface area contributed by atoms with Crippen LogP contribution in [0.4, 0.5) is 0 Å². The second-order valence-corrected chi connectivity index (χ2v) is 7.44. The second kappa shape index (κ2) is 7.92. The lowest BCUT2D eigenvalue weighted by Gasteiger charge is -2.29. The van der Waals surface area contributed by atoms with Crippen LogP contribution in [0.1, 0.15) is 60.9 Å². The lowest BCUT2D eigenvalue weighted by atomic mass is 9.76. The van der Waals surface area contributed by atoms with Gasteiger partial charge < -0.3 is 0 Å². The fraction of sp³-hybridized carbons (Fsp3) is 0.545. The molecule has 1 fully saturated rings. The minimum Gasteiger partial charge on any atom is -0.238 e. The zero-order valence-corrected chi connectivity index (χ0v) is 15.4. The number of benzene rings is 1.